The Morgan fingerprint density at radius 3 is 2.81 bits per heavy atom. The first kappa shape index (κ1) is 26.7. The van der Waals surface area contributed by atoms with E-state index < -0.39 is 23.0 Å². The van der Waals surface area contributed by atoms with Gasteiger partial charge in [0.05, 0.1) is 16.1 Å². The molecule has 2 aliphatic rings. The van der Waals surface area contributed by atoms with Crippen molar-refractivity contribution in [3.63, 3.8) is 0 Å². The number of hydrogen-bond donors (Lipinski definition) is 4. The van der Waals surface area contributed by atoms with Gasteiger partial charge >= 0.3 is 5.97 Å². The Bertz CT molecular complexity index is 1180. The first-order valence-electron chi connectivity index (χ1n) is 11.7. The van der Waals surface area contributed by atoms with Crippen molar-refractivity contribution < 1.29 is 18.7 Å². The van der Waals surface area contributed by atoms with Crippen LogP contribution in [0, 0.1) is 17.0 Å². The molecule has 1 aromatic carbocycles. The Morgan fingerprint density at radius 2 is 2.17 bits per heavy atom. The number of halogens is 3. The molecule has 1 saturated heterocycles. The normalized spacial score (nSPS) is 24.3. The highest BCUT2D eigenvalue weighted by Crippen LogP contribution is 2.40. The largest absolute Gasteiger partial charge is 0.481 e. The van der Waals surface area contributed by atoms with Gasteiger partial charge in [-0.2, -0.15) is 0 Å². The average Bonchev–Trinajstić information content (AvgIpc) is 3.24. The lowest BCUT2D eigenvalue weighted by molar-refractivity contribution is -0.153. The summed E-state index contributed by atoms with van der Waals surface area (Å²) in [6.45, 7) is 4.58. The van der Waals surface area contributed by atoms with Crippen LogP contribution in [0.3, 0.4) is 0 Å². The first-order chi connectivity index (χ1) is 17.1. The molecule has 7 nitrogen and oxygen atoms in total. The van der Waals surface area contributed by atoms with Gasteiger partial charge in [-0.25, -0.2) is 19.2 Å². The summed E-state index contributed by atoms with van der Waals surface area (Å²) in [6, 6.07) is 6.34. The lowest BCUT2D eigenvalue weighted by Gasteiger charge is -2.43. The Hall–Kier alpha value is -2.40. The molecule has 4 N–H and O–H groups in total. The Labute approximate surface area is 218 Å². The molecule has 0 bridgehead atoms. The van der Waals surface area contributed by atoms with Crippen LogP contribution >= 0.6 is 23.4 Å². The van der Waals surface area contributed by atoms with E-state index in [-0.39, 0.29) is 42.2 Å². The third-order valence-electron chi connectivity index (χ3n) is 6.91. The highest BCUT2D eigenvalue weighted by atomic mass is 35.5. The van der Waals surface area contributed by atoms with Gasteiger partial charge in [-0.05, 0) is 57.7 Å². The van der Waals surface area contributed by atoms with Crippen LogP contribution in [0.2, 0.25) is 5.02 Å². The van der Waals surface area contributed by atoms with Crippen LogP contribution in [0.1, 0.15) is 37.9 Å². The van der Waals surface area contributed by atoms with Crippen LogP contribution in [-0.2, 0) is 17.8 Å². The molecule has 1 fully saturated rings. The van der Waals surface area contributed by atoms with Crippen LogP contribution in [0.15, 0.2) is 40.9 Å². The zero-order valence-corrected chi connectivity index (χ0v) is 21.9. The van der Waals surface area contributed by atoms with Gasteiger partial charge in [0.1, 0.15) is 17.8 Å². The number of piperidine rings is 1. The van der Waals surface area contributed by atoms with E-state index in [1.807, 2.05) is 24.8 Å². The van der Waals surface area contributed by atoms with Gasteiger partial charge in [0.2, 0.25) is 0 Å². The van der Waals surface area contributed by atoms with Gasteiger partial charge in [-0.1, -0.05) is 23.7 Å². The second-order valence-electron chi connectivity index (χ2n) is 9.46. The summed E-state index contributed by atoms with van der Waals surface area (Å²) in [5.41, 5.74) is 6.39. The molecule has 2 aromatic rings. The fourth-order valence-electron chi connectivity index (χ4n) is 4.91. The second-order valence-corrected chi connectivity index (χ2v) is 10.7. The maximum Gasteiger partial charge on any atom is 0.310 e. The summed E-state index contributed by atoms with van der Waals surface area (Å²) in [6.07, 6.45) is 4.02. The maximum absolute atomic E-state index is 15.4. The fraction of sp³-hybridized carbons (Fsp3) is 0.440. The minimum Gasteiger partial charge on any atom is -0.481 e. The number of hydrogen-bond acceptors (Lipinski definition) is 7. The number of aromatic nitrogens is 1. The predicted octanol–water partition coefficient (Wildman–Crippen LogP) is 4.78. The standard InChI is InChI=1S/C25H30ClF2N5O2S/c1-14-9-21(32-31-14)30-20-10-19(36-3)23(28)18(29-20)12-25(24(34)35)7-8-33(15(2)11-25)13-16-5-4-6-17(26)22(16)27/h4-6,9-10,15,21,31-32H,7-8,11-13H2,1-3H3,(H,29,30)(H,34,35)/t15-,21?,25-/m1/s1. The molecule has 0 saturated carbocycles. The van der Waals surface area contributed by atoms with E-state index in [0.29, 0.717) is 29.4 Å². The molecule has 36 heavy (non-hydrogen) atoms. The molecule has 0 amide bonds. The maximum atomic E-state index is 15.4. The van der Waals surface area contributed by atoms with Crippen molar-refractivity contribution in [1.29, 1.82) is 0 Å². The zero-order valence-electron chi connectivity index (χ0n) is 20.4. The van der Waals surface area contributed by atoms with E-state index in [2.05, 4.69) is 21.2 Å². The lowest BCUT2D eigenvalue weighted by Crippen LogP contribution is -2.50. The number of anilines is 1. The lowest BCUT2D eigenvalue weighted by atomic mass is 9.72. The molecular weight excluding hydrogens is 508 g/mol. The van der Waals surface area contributed by atoms with Crippen LogP contribution in [0.25, 0.3) is 0 Å². The third-order valence-corrected chi connectivity index (χ3v) is 7.94. The number of allylic oxidation sites excluding steroid dienone is 1. The minimum absolute atomic E-state index is 0.0356. The number of benzene rings is 1. The number of nitrogens with zero attached hydrogens (tertiary/aromatic N) is 2. The number of hydrazine groups is 1. The minimum atomic E-state index is -1.19. The van der Waals surface area contributed by atoms with Crippen molar-refractivity contribution in [2.45, 2.75) is 56.8 Å². The van der Waals surface area contributed by atoms with E-state index in [9.17, 15) is 14.3 Å². The topological polar surface area (TPSA) is 89.5 Å². The summed E-state index contributed by atoms with van der Waals surface area (Å²) in [7, 11) is 0. The predicted molar refractivity (Wildman–Crippen MR) is 138 cm³/mol. The van der Waals surface area contributed by atoms with E-state index in [4.69, 9.17) is 11.6 Å². The Morgan fingerprint density at radius 1 is 1.39 bits per heavy atom. The number of carboxylic acids is 1. The SMILES string of the molecule is CSc1cc(NC2C=C(C)NN2)nc(C[C@@]2(C(=O)O)CCN(Cc3cccc(Cl)c3F)[C@H](C)C2)c1F. The number of likely N-dealkylation sites (tertiary alicyclic amines) is 1. The number of thioether (sulfide) groups is 1. The summed E-state index contributed by atoms with van der Waals surface area (Å²) in [4.78, 5) is 19.5. The first-order valence-corrected chi connectivity index (χ1v) is 13.3. The van der Waals surface area contributed by atoms with E-state index >= 15 is 4.39 Å². The number of carbonyl (C=O) groups is 1. The van der Waals surface area contributed by atoms with E-state index in [1.54, 1.807) is 24.5 Å². The summed E-state index contributed by atoms with van der Waals surface area (Å²) in [5.74, 6) is -1.47. The van der Waals surface area contributed by atoms with E-state index in [1.165, 1.54) is 17.8 Å². The van der Waals surface area contributed by atoms with Crippen molar-refractivity contribution in [2.24, 2.45) is 5.41 Å². The average molecular weight is 538 g/mol. The van der Waals surface area contributed by atoms with Crippen molar-refractivity contribution in [3.05, 3.63) is 64.0 Å². The molecule has 4 rings (SSSR count). The van der Waals surface area contributed by atoms with Gasteiger partial charge in [0, 0.05) is 35.2 Å². The summed E-state index contributed by atoms with van der Waals surface area (Å²) < 4.78 is 29.8. The van der Waals surface area contributed by atoms with Crippen molar-refractivity contribution in [3.8, 4) is 0 Å². The molecule has 1 aromatic heterocycles. The summed E-state index contributed by atoms with van der Waals surface area (Å²) in [5, 5.41) is 13.5. The molecule has 0 aliphatic carbocycles. The molecule has 0 radical (unpaired) electrons. The Balaban J connectivity index is 1.55. The zero-order chi connectivity index (χ0) is 26.0. The van der Waals surface area contributed by atoms with Crippen LogP contribution in [0.5, 0.6) is 0 Å². The van der Waals surface area contributed by atoms with Crippen molar-refractivity contribution in [2.75, 3.05) is 18.1 Å². The molecule has 0 spiro atoms. The van der Waals surface area contributed by atoms with Crippen LogP contribution < -0.4 is 16.2 Å². The van der Waals surface area contributed by atoms with Gasteiger partial charge in [-0.15, -0.1) is 11.8 Å². The highest BCUT2D eigenvalue weighted by Gasteiger charge is 2.45. The Kier molecular flexibility index (Phi) is 8.09. The second kappa shape index (κ2) is 10.9. The van der Waals surface area contributed by atoms with Crippen LogP contribution in [0.4, 0.5) is 14.6 Å². The molecule has 11 heteroatoms. The van der Waals surface area contributed by atoms with Gasteiger partial charge < -0.3 is 15.8 Å². The molecule has 3 atom stereocenters. The number of carboxylic acid groups (broad SMARTS) is 1. The van der Waals surface area contributed by atoms with E-state index in [0.717, 1.165) is 5.70 Å². The van der Waals surface area contributed by atoms with Crippen molar-refractivity contribution in [1.82, 2.24) is 20.7 Å². The van der Waals surface area contributed by atoms with Gasteiger partial charge in [0.25, 0.3) is 0 Å². The number of nitrogens with one attached hydrogen (secondary N) is 3. The molecule has 3 heterocycles. The van der Waals surface area contributed by atoms with Gasteiger partial charge in [-0.3, -0.25) is 9.69 Å². The highest BCUT2D eigenvalue weighted by molar-refractivity contribution is 7.98. The summed E-state index contributed by atoms with van der Waals surface area (Å²) >= 11 is 7.17. The number of aliphatic carboxylic acids is 1. The molecular formula is C25H30ClF2N5O2S. The quantitative estimate of drug-likeness (QED) is 0.358. The monoisotopic (exact) mass is 537 g/mol. The molecule has 194 valence electrons. The van der Waals surface area contributed by atoms with Crippen molar-refractivity contribution >= 4 is 35.1 Å². The smallest absolute Gasteiger partial charge is 0.310 e. The van der Waals surface area contributed by atoms with Gasteiger partial charge in [0.15, 0.2) is 5.82 Å². The molecule has 2 aliphatic heterocycles. The number of pyridine rings is 1. The third kappa shape index (κ3) is 5.61. The molecule has 1 unspecified atom stereocenters. The van der Waals surface area contributed by atoms with Crippen LogP contribution in [-0.4, -0.2) is 46.0 Å². The number of rotatable bonds is 8. The fourth-order valence-corrected chi connectivity index (χ4v) is 5.63.